The molecule has 0 bridgehead atoms. The summed E-state index contributed by atoms with van der Waals surface area (Å²) in [6, 6.07) is 16.7. The molecule has 25 heavy (non-hydrogen) atoms. The molecule has 1 aliphatic carbocycles. The van der Waals surface area contributed by atoms with Crippen molar-refractivity contribution in [2.75, 3.05) is 17.5 Å². The van der Waals surface area contributed by atoms with Crippen LogP contribution in [0.15, 0.2) is 54.6 Å². The Kier molecular flexibility index (Phi) is 4.81. The summed E-state index contributed by atoms with van der Waals surface area (Å²) in [5.41, 5.74) is 2.27. The molecule has 132 valence electrons. The molecule has 2 aromatic rings. The van der Waals surface area contributed by atoms with E-state index in [4.69, 9.17) is 0 Å². The molecule has 2 aromatic carbocycles. The molecule has 0 heterocycles. The first-order chi connectivity index (χ1) is 11.9. The smallest absolute Gasteiger partial charge is 0.251 e. The summed E-state index contributed by atoms with van der Waals surface area (Å²) in [5, 5.41) is 3.03. The van der Waals surface area contributed by atoms with Gasteiger partial charge in [0.15, 0.2) is 0 Å². The van der Waals surface area contributed by atoms with Crippen LogP contribution in [0.25, 0.3) is 0 Å². The zero-order chi connectivity index (χ0) is 17.9. The number of carbonyl (C=O) groups is 1. The maximum absolute atomic E-state index is 12.4. The van der Waals surface area contributed by atoms with Crippen LogP contribution >= 0.6 is 0 Å². The summed E-state index contributed by atoms with van der Waals surface area (Å²) in [6.07, 6.45) is 4.43. The molecule has 6 heteroatoms. The van der Waals surface area contributed by atoms with Gasteiger partial charge in [0.05, 0.1) is 6.26 Å². The van der Waals surface area contributed by atoms with Crippen molar-refractivity contribution in [1.29, 1.82) is 0 Å². The van der Waals surface area contributed by atoms with Gasteiger partial charge in [-0.25, -0.2) is 8.42 Å². The number of benzene rings is 2. The number of anilines is 1. The normalized spacial score (nSPS) is 15.9. The highest BCUT2D eigenvalue weighted by Gasteiger charge is 2.38. The molecule has 1 fully saturated rings. The van der Waals surface area contributed by atoms with Gasteiger partial charge in [-0.2, -0.15) is 0 Å². The first-order valence-electron chi connectivity index (χ1n) is 8.30. The number of sulfonamides is 1. The Morgan fingerprint density at radius 3 is 2.20 bits per heavy atom. The van der Waals surface area contributed by atoms with Crippen LogP contribution in [0.1, 0.15) is 35.2 Å². The minimum Gasteiger partial charge on any atom is -0.351 e. The molecular weight excluding hydrogens is 336 g/mol. The Bertz CT molecular complexity index is 842. The first-order valence-corrected chi connectivity index (χ1v) is 10.2. The third kappa shape index (κ3) is 4.20. The lowest BCUT2D eigenvalue weighted by Gasteiger charge is -2.42. The van der Waals surface area contributed by atoms with Gasteiger partial charge in [0.2, 0.25) is 10.0 Å². The Morgan fingerprint density at radius 1 is 1.04 bits per heavy atom. The van der Waals surface area contributed by atoms with Crippen LogP contribution in [-0.2, 0) is 15.4 Å². The predicted octanol–water partition coefficient (Wildman–Crippen LogP) is 2.91. The molecule has 1 aliphatic rings. The molecule has 3 rings (SSSR count). The average molecular weight is 358 g/mol. The monoisotopic (exact) mass is 358 g/mol. The van der Waals surface area contributed by atoms with E-state index in [1.807, 2.05) is 18.2 Å². The largest absolute Gasteiger partial charge is 0.351 e. The number of amides is 1. The molecule has 2 N–H and O–H groups in total. The van der Waals surface area contributed by atoms with E-state index < -0.39 is 10.0 Å². The maximum atomic E-state index is 12.4. The third-order valence-electron chi connectivity index (χ3n) is 4.73. The van der Waals surface area contributed by atoms with Gasteiger partial charge in [-0.05, 0) is 42.7 Å². The van der Waals surface area contributed by atoms with Crippen LogP contribution in [0.4, 0.5) is 5.69 Å². The Labute approximate surface area is 148 Å². The molecular formula is C19H22N2O3S. The van der Waals surface area contributed by atoms with Gasteiger partial charge in [0, 0.05) is 23.2 Å². The van der Waals surface area contributed by atoms with Crippen LogP contribution in [0, 0.1) is 0 Å². The van der Waals surface area contributed by atoms with E-state index in [0.717, 1.165) is 19.1 Å². The number of carbonyl (C=O) groups excluding carboxylic acids is 1. The Balaban J connectivity index is 1.64. The van der Waals surface area contributed by atoms with E-state index >= 15 is 0 Å². The molecule has 0 saturated heterocycles. The fourth-order valence-electron chi connectivity index (χ4n) is 3.22. The molecule has 5 nitrogen and oxygen atoms in total. The second-order valence-corrected chi connectivity index (χ2v) is 8.38. The van der Waals surface area contributed by atoms with Crippen molar-refractivity contribution >= 4 is 21.6 Å². The molecule has 0 spiro atoms. The van der Waals surface area contributed by atoms with Gasteiger partial charge in [0.25, 0.3) is 5.91 Å². The van der Waals surface area contributed by atoms with Crippen LogP contribution in [0.5, 0.6) is 0 Å². The molecule has 1 amide bonds. The number of nitrogens with one attached hydrogen (secondary N) is 2. The van der Waals surface area contributed by atoms with Crippen LogP contribution < -0.4 is 10.0 Å². The molecule has 0 aliphatic heterocycles. The van der Waals surface area contributed by atoms with Crippen LogP contribution in [-0.4, -0.2) is 27.1 Å². The lowest BCUT2D eigenvalue weighted by atomic mass is 9.64. The zero-order valence-corrected chi connectivity index (χ0v) is 15.0. The van der Waals surface area contributed by atoms with Crippen molar-refractivity contribution in [3.05, 3.63) is 65.7 Å². The summed E-state index contributed by atoms with van der Waals surface area (Å²) >= 11 is 0. The van der Waals surface area contributed by atoms with Gasteiger partial charge in [0.1, 0.15) is 0 Å². The maximum Gasteiger partial charge on any atom is 0.251 e. The van der Waals surface area contributed by atoms with Gasteiger partial charge in [-0.1, -0.05) is 36.8 Å². The Hall–Kier alpha value is -2.34. The SMILES string of the molecule is CS(=O)(=O)Nc1ccc(C(=O)NCC2(c3ccccc3)CCC2)cc1. The van der Waals surface area contributed by atoms with Gasteiger partial charge in [-0.15, -0.1) is 0 Å². The lowest BCUT2D eigenvalue weighted by Crippen LogP contribution is -2.45. The van der Waals surface area contributed by atoms with E-state index in [2.05, 4.69) is 22.2 Å². The van der Waals surface area contributed by atoms with Gasteiger partial charge < -0.3 is 5.32 Å². The number of hydrogen-bond donors (Lipinski definition) is 2. The van der Waals surface area contributed by atoms with Crippen molar-refractivity contribution < 1.29 is 13.2 Å². The van der Waals surface area contributed by atoms with E-state index in [1.54, 1.807) is 24.3 Å². The molecule has 0 radical (unpaired) electrons. The van der Waals surface area contributed by atoms with E-state index in [1.165, 1.54) is 12.0 Å². The van der Waals surface area contributed by atoms with Gasteiger partial charge >= 0.3 is 0 Å². The summed E-state index contributed by atoms with van der Waals surface area (Å²) in [4.78, 5) is 12.4. The quantitative estimate of drug-likeness (QED) is 0.834. The first kappa shape index (κ1) is 17.5. The standard InChI is InChI=1S/C19H22N2O3S/c1-25(23,24)21-17-10-8-15(9-11-17)18(22)20-14-19(12-5-13-19)16-6-3-2-4-7-16/h2-4,6-11,21H,5,12-14H2,1H3,(H,20,22). The van der Waals surface area contributed by atoms with Crippen molar-refractivity contribution in [2.24, 2.45) is 0 Å². The highest BCUT2D eigenvalue weighted by Crippen LogP contribution is 2.43. The zero-order valence-electron chi connectivity index (χ0n) is 14.2. The second kappa shape index (κ2) is 6.88. The van der Waals surface area contributed by atoms with Crippen molar-refractivity contribution in [1.82, 2.24) is 5.32 Å². The third-order valence-corrected chi connectivity index (χ3v) is 5.34. The fourth-order valence-corrected chi connectivity index (χ4v) is 3.78. The minimum atomic E-state index is -3.32. The highest BCUT2D eigenvalue weighted by molar-refractivity contribution is 7.92. The molecule has 0 atom stereocenters. The fraction of sp³-hybridized carbons (Fsp3) is 0.316. The number of rotatable bonds is 6. The number of hydrogen-bond acceptors (Lipinski definition) is 3. The minimum absolute atomic E-state index is 0.0364. The Morgan fingerprint density at radius 2 is 1.68 bits per heavy atom. The molecule has 0 unspecified atom stereocenters. The topological polar surface area (TPSA) is 75.3 Å². The second-order valence-electron chi connectivity index (χ2n) is 6.63. The summed E-state index contributed by atoms with van der Waals surface area (Å²) in [7, 11) is -3.32. The summed E-state index contributed by atoms with van der Waals surface area (Å²) in [6.45, 7) is 0.610. The van der Waals surface area contributed by atoms with Crippen molar-refractivity contribution in [3.8, 4) is 0 Å². The molecule has 0 aromatic heterocycles. The predicted molar refractivity (Wildman–Crippen MR) is 99.2 cm³/mol. The molecule has 1 saturated carbocycles. The average Bonchev–Trinajstić information content (AvgIpc) is 2.54. The van der Waals surface area contributed by atoms with E-state index in [9.17, 15) is 13.2 Å². The van der Waals surface area contributed by atoms with E-state index in [-0.39, 0.29) is 11.3 Å². The van der Waals surface area contributed by atoms with Crippen LogP contribution in [0.3, 0.4) is 0 Å². The summed E-state index contributed by atoms with van der Waals surface area (Å²) in [5.74, 6) is -0.145. The van der Waals surface area contributed by atoms with Crippen molar-refractivity contribution in [3.63, 3.8) is 0 Å². The van der Waals surface area contributed by atoms with E-state index in [0.29, 0.717) is 17.8 Å². The van der Waals surface area contributed by atoms with Crippen molar-refractivity contribution in [2.45, 2.75) is 24.7 Å². The lowest BCUT2D eigenvalue weighted by molar-refractivity contribution is 0.0928. The highest BCUT2D eigenvalue weighted by atomic mass is 32.2. The van der Waals surface area contributed by atoms with Gasteiger partial charge in [-0.3, -0.25) is 9.52 Å². The summed E-state index contributed by atoms with van der Waals surface area (Å²) < 4.78 is 24.8. The van der Waals surface area contributed by atoms with Crippen LogP contribution in [0.2, 0.25) is 0 Å².